The summed E-state index contributed by atoms with van der Waals surface area (Å²) in [6, 6.07) is 9.56. The SMILES string of the molecule is COc1ccncc1-c1cc2ccc(N3CCNCC3)cc2oc1=O. The van der Waals surface area contributed by atoms with Crippen molar-refractivity contribution in [3.05, 3.63) is 53.1 Å². The lowest BCUT2D eigenvalue weighted by Crippen LogP contribution is -2.43. The average Bonchev–Trinajstić information content (AvgIpc) is 2.67. The van der Waals surface area contributed by atoms with Gasteiger partial charge in [0.15, 0.2) is 0 Å². The molecule has 1 N–H and O–H groups in total. The van der Waals surface area contributed by atoms with Gasteiger partial charge < -0.3 is 19.4 Å². The van der Waals surface area contributed by atoms with Crippen LogP contribution < -0.4 is 20.6 Å². The van der Waals surface area contributed by atoms with Crippen molar-refractivity contribution >= 4 is 16.7 Å². The van der Waals surface area contributed by atoms with E-state index < -0.39 is 5.63 Å². The van der Waals surface area contributed by atoms with Gasteiger partial charge in [0.05, 0.1) is 12.7 Å². The number of rotatable bonds is 3. The van der Waals surface area contributed by atoms with Crippen molar-refractivity contribution in [2.45, 2.75) is 0 Å². The van der Waals surface area contributed by atoms with Crippen LogP contribution in [0, 0.1) is 0 Å². The van der Waals surface area contributed by atoms with Gasteiger partial charge in [0, 0.05) is 61.3 Å². The van der Waals surface area contributed by atoms with Gasteiger partial charge in [0.2, 0.25) is 0 Å². The van der Waals surface area contributed by atoms with Crippen LogP contribution in [0.4, 0.5) is 5.69 Å². The summed E-state index contributed by atoms with van der Waals surface area (Å²) < 4.78 is 10.9. The molecule has 0 radical (unpaired) electrons. The molecular formula is C19H19N3O3. The molecular weight excluding hydrogens is 318 g/mol. The van der Waals surface area contributed by atoms with Crippen LogP contribution in [0.2, 0.25) is 0 Å². The van der Waals surface area contributed by atoms with E-state index in [-0.39, 0.29) is 0 Å². The zero-order valence-electron chi connectivity index (χ0n) is 14.0. The van der Waals surface area contributed by atoms with Gasteiger partial charge in [0.25, 0.3) is 0 Å². The molecule has 0 aliphatic carbocycles. The molecule has 3 heterocycles. The van der Waals surface area contributed by atoms with Crippen molar-refractivity contribution in [3.8, 4) is 16.9 Å². The van der Waals surface area contributed by atoms with E-state index in [4.69, 9.17) is 9.15 Å². The topological polar surface area (TPSA) is 67.6 Å². The van der Waals surface area contributed by atoms with Crippen LogP contribution in [0.5, 0.6) is 5.75 Å². The standard InChI is InChI=1S/C19H19N3O3/c1-24-17-4-5-21-12-16(17)15-10-13-2-3-14(11-18(13)25-19(15)23)22-8-6-20-7-9-22/h2-5,10-12,20H,6-9H2,1H3. The second kappa shape index (κ2) is 6.57. The van der Waals surface area contributed by atoms with Gasteiger partial charge in [-0.05, 0) is 24.3 Å². The van der Waals surface area contributed by atoms with Crippen LogP contribution in [-0.4, -0.2) is 38.3 Å². The van der Waals surface area contributed by atoms with Gasteiger partial charge >= 0.3 is 5.63 Å². The van der Waals surface area contributed by atoms with Gasteiger partial charge in [-0.25, -0.2) is 4.79 Å². The highest BCUT2D eigenvalue weighted by atomic mass is 16.5. The van der Waals surface area contributed by atoms with Gasteiger partial charge in [0.1, 0.15) is 11.3 Å². The average molecular weight is 337 g/mol. The molecule has 0 unspecified atom stereocenters. The minimum absolute atomic E-state index is 0.392. The van der Waals surface area contributed by atoms with Crippen molar-refractivity contribution in [1.29, 1.82) is 0 Å². The lowest BCUT2D eigenvalue weighted by Gasteiger charge is -2.29. The van der Waals surface area contributed by atoms with E-state index in [0.717, 1.165) is 37.3 Å². The third kappa shape index (κ3) is 2.96. The summed E-state index contributed by atoms with van der Waals surface area (Å²) in [7, 11) is 1.57. The Labute approximate surface area is 145 Å². The monoisotopic (exact) mass is 337 g/mol. The largest absolute Gasteiger partial charge is 0.496 e. The van der Waals surface area contributed by atoms with Crippen molar-refractivity contribution < 1.29 is 9.15 Å². The first-order valence-corrected chi connectivity index (χ1v) is 8.28. The third-order valence-electron chi connectivity index (χ3n) is 4.49. The van der Waals surface area contributed by atoms with Crippen molar-refractivity contribution in [1.82, 2.24) is 10.3 Å². The molecule has 1 fully saturated rings. The minimum atomic E-state index is -0.392. The van der Waals surface area contributed by atoms with Crippen LogP contribution >= 0.6 is 0 Å². The van der Waals surface area contributed by atoms with Crippen molar-refractivity contribution in [2.75, 3.05) is 38.2 Å². The normalized spacial score (nSPS) is 14.7. The fourth-order valence-electron chi connectivity index (χ4n) is 3.17. The summed E-state index contributed by atoms with van der Waals surface area (Å²) >= 11 is 0. The maximum atomic E-state index is 12.5. The third-order valence-corrected chi connectivity index (χ3v) is 4.49. The number of aromatic nitrogens is 1. The number of hydrogen-bond donors (Lipinski definition) is 1. The second-order valence-corrected chi connectivity index (χ2v) is 5.98. The first-order chi connectivity index (χ1) is 12.3. The number of anilines is 1. The summed E-state index contributed by atoms with van der Waals surface area (Å²) in [5.74, 6) is 0.596. The Hall–Kier alpha value is -2.86. The van der Waals surface area contributed by atoms with Gasteiger partial charge in [-0.1, -0.05) is 0 Å². The summed E-state index contributed by atoms with van der Waals surface area (Å²) in [4.78, 5) is 18.9. The molecule has 6 heteroatoms. The zero-order chi connectivity index (χ0) is 17.2. The summed E-state index contributed by atoms with van der Waals surface area (Å²) in [6.45, 7) is 3.81. The Balaban J connectivity index is 1.79. The molecule has 0 amide bonds. The van der Waals surface area contributed by atoms with E-state index in [1.165, 1.54) is 0 Å². The number of fused-ring (bicyclic) bond motifs is 1. The molecule has 1 aromatic carbocycles. The van der Waals surface area contributed by atoms with Crippen molar-refractivity contribution in [3.63, 3.8) is 0 Å². The molecule has 0 spiro atoms. The maximum Gasteiger partial charge on any atom is 0.344 e. The lowest BCUT2D eigenvalue weighted by atomic mass is 10.1. The number of methoxy groups -OCH3 is 1. The van der Waals surface area contributed by atoms with E-state index in [2.05, 4.69) is 21.3 Å². The number of benzene rings is 1. The second-order valence-electron chi connectivity index (χ2n) is 5.98. The van der Waals surface area contributed by atoms with Crippen LogP contribution in [0.3, 0.4) is 0 Å². The minimum Gasteiger partial charge on any atom is -0.496 e. The Morgan fingerprint density at radius 1 is 1.16 bits per heavy atom. The maximum absolute atomic E-state index is 12.5. The quantitative estimate of drug-likeness (QED) is 0.740. The number of pyridine rings is 1. The van der Waals surface area contributed by atoms with Crippen molar-refractivity contribution in [2.24, 2.45) is 0 Å². The Morgan fingerprint density at radius 3 is 2.80 bits per heavy atom. The Morgan fingerprint density at radius 2 is 2.00 bits per heavy atom. The highest BCUT2D eigenvalue weighted by molar-refractivity contribution is 5.85. The number of nitrogens with zero attached hydrogens (tertiary/aromatic N) is 2. The van der Waals surface area contributed by atoms with Crippen LogP contribution in [0.1, 0.15) is 0 Å². The molecule has 0 saturated carbocycles. The molecule has 128 valence electrons. The highest BCUT2D eigenvalue weighted by Crippen LogP contribution is 2.29. The predicted molar refractivity (Wildman–Crippen MR) is 97.3 cm³/mol. The number of ether oxygens (including phenoxy) is 1. The molecule has 2 aromatic heterocycles. The first kappa shape index (κ1) is 15.7. The fraction of sp³-hybridized carbons (Fsp3) is 0.263. The predicted octanol–water partition coefficient (Wildman–Crippen LogP) is 2.27. The van der Waals surface area contributed by atoms with Gasteiger partial charge in [-0.15, -0.1) is 0 Å². The molecule has 4 rings (SSSR count). The van der Waals surface area contributed by atoms with E-state index in [1.807, 2.05) is 18.2 Å². The fourth-order valence-corrected chi connectivity index (χ4v) is 3.17. The van der Waals surface area contributed by atoms with Gasteiger partial charge in [-0.2, -0.15) is 0 Å². The van der Waals surface area contributed by atoms with E-state index in [9.17, 15) is 4.79 Å². The van der Waals surface area contributed by atoms with E-state index in [0.29, 0.717) is 22.5 Å². The Bertz CT molecular complexity index is 962. The van der Waals surface area contributed by atoms with E-state index in [1.54, 1.807) is 25.6 Å². The number of hydrogen-bond acceptors (Lipinski definition) is 6. The summed E-state index contributed by atoms with van der Waals surface area (Å²) in [5.41, 5.74) is 2.35. The number of piperazine rings is 1. The number of nitrogens with one attached hydrogen (secondary N) is 1. The highest BCUT2D eigenvalue weighted by Gasteiger charge is 2.15. The summed E-state index contributed by atoms with van der Waals surface area (Å²) in [5, 5.41) is 4.21. The molecule has 25 heavy (non-hydrogen) atoms. The van der Waals surface area contributed by atoms with Crippen LogP contribution in [0.15, 0.2) is 51.9 Å². The molecule has 1 saturated heterocycles. The molecule has 1 aliphatic rings. The Kier molecular flexibility index (Phi) is 4.11. The molecule has 3 aromatic rings. The smallest absolute Gasteiger partial charge is 0.344 e. The van der Waals surface area contributed by atoms with Crippen LogP contribution in [-0.2, 0) is 0 Å². The molecule has 1 aliphatic heterocycles. The van der Waals surface area contributed by atoms with Gasteiger partial charge in [-0.3, -0.25) is 4.98 Å². The molecule has 6 nitrogen and oxygen atoms in total. The zero-order valence-corrected chi connectivity index (χ0v) is 14.0. The molecule has 0 bridgehead atoms. The summed E-state index contributed by atoms with van der Waals surface area (Å²) in [6.07, 6.45) is 3.25. The first-order valence-electron chi connectivity index (χ1n) is 8.28. The van der Waals surface area contributed by atoms with E-state index >= 15 is 0 Å². The lowest BCUT2D eigenvalue weighted by molar-refractivity contribution is 0.415. The molecule has 0 atom stereocenters. The van der Waals surface area contributed by atoms with Crippen LogP contribution in [0.25, 0.3) is 22.1 Å².